The van der Waals surface area contributed by atoms with Crippen LogP contribution in [-0.2, 0) is 10.0 Å². The number of sulfonamides is 1. The van der Waals surface area contributed by atoms with Gasteiger partial charge < -0.3 is 0 Å². The Hall–Kier alpha value is -2.66. The highest BCUT2D eigenvalue weighted by atomic mass is 35.5. The summed E-state index contributed by atoms with van der Waals surface area (Å²) >= 11 is 13.1. The molecule has 8 nitrogen and oxygen atoms in total. The highest BCUT2D eigenvalue weighted by Crippen LogP contribution is 2.32. The van der Waals surface area contributed by atoms with E-state index in [1.165, 1.54) is 0 Å². The van der Waals surface area contributed by atoms with Crippen molar-refractivity contribution in [1.29, 1.82) is 0 Å². The number of nitrogens with one attached hydrogen (secondary N) is 2. The molecule has 154 valence electrons. The fraction of sp³-hybridized carbons (Fsp3) is 0.0556. The van der Waals surface area contributed by atoms with Gasteiger partial charge in [-0.3, -0.25) is 4.52 Å². The first-order valence-corrected chi connectivity index (χ1v) is 11.5. The molecular formula is C18H13Cl2N4O4S2+. The molecule has 0 aliphatic carbocycles. The van der Waals surface area contributed by atoms with E-state index in [1.54, 1.807) is 47.8 Å². The number of aromatic nitrogens is 3. The van der Waals surface area contributed by atoms with Crippen molar-refractivity contribution in [2.45, 2.75) is 11.9 Å². The molecule has 0 unspecified atom stereocenters. The van der Waals surface area contributed by atoms with Gasteiger partial charge >= 0.3 is 20.7 Å². The van der Waals surface area contributed by atoms with E-state index in [2.05, 4.69) is 15.0 Å². The minimum Gasteiger partial charge on any atom is -0.281 e. The van der Waals surface area contributed by atoms with Crippen molar-refractivity contribution < 1.29 is 17.6 Å². The molecule has 0 aliphatic heterocycles. The van der Waals surface area contributed by atoms with Crippen LogP contribution in [0.25, 0.3) is 16.9 Å². The normalized spacial score (nSPS) is 11.6. The van der Waals surface area contributed by atoms with Crippen LogP contribution in [0.3, 0.4) is 0 Å². The summed E-state index contributed by atoms with van der Waals surface area (Å²) in [6.45, 7) is 1.89. The van der Waals surface area contributed by atoms with Crippen LogP contribution in [0.1, 0.15) is 5.56 Å². The summed E-state index contributed by atoms with van der Waals surface area (Å²) in [5, 5.41) is 4.26. The van der Waals surface area contributed by atoms with Crippen LogP contribution in [0, 0.1) is 6.92 Å². The third kappa shape index (κ3) is 3.99. The maximum absolute atomic E-state index is 12.9. The predicted molar refractivity (Wildman–Crippen MR) is 114 cm³/mol. The Morgan fingerprint density at radius 3 is 2.60 bits per heavy atom. The van der Waals surface area contributed by atoms with Gasteiger partial charge in [0.2, 0.25) is 5.69 Å². The van der Waals surface area contributed by atoms with Gasteiger partial charge in [-0.2, -0.15) is 8.42 Å². The topological polar surface area (TPSA) is 109 Å². The summed E-state index contributed by atoms with van der Waals surface area (Å²) in [7, 11) is -4.31. The highest BCUT2D eigenvalue weighted by molar-refractivity contribution is 7.92. The van der Waals surface area contributed by atoms with Crippen molar-refractivity contribution >= 4 is 49.7 Å². The van der Waals surface area contributed by atoms with Gasteiger partial charge in [0, 0.05) is 28.1 Å². The van der Waals surface area contributed by atoms with E-state index in [9.17, 15) is 13.2 Å². The van der Waals surface area contributed by atoms with Crippen molar-refractivity contribution in [3.05, 3.63) is 73.9 Å². The first kappa shape index (κ1) is 20.6. The molecule has 0 aliphatic rings. The predicted octanol–water partition coefficient (Wildman–Crippen LogP) is 3.78. The van der Waals surface area contributed by atoms with Gasteiger partial charge in [-0.25, -0.2) is 14.5 Å². The zero-order valence-corrected chi connectivity index (χ0v) is 18.4. The first-order valence-electron chi connectivity index (χ1n) is 8.39. The Morgan fingerprint density at radius 2 is 1.90 bits per heavy atom. The summed E-state index contributed by atoms with van der Waals surface area (Å²) in [5.41, 5.74) is 1.41. The van der Waals surface area contributed by atoms with E-state index >= 15 is 0 Å². The Bertz CT molecular complexity index is 1390. The van der Waals surface area contributed by atoms with Crippen LogP contribution in [0.4, 0.5) is 5.13 Å². The second-order valence-electron chi connectivity index (χ2n) is 6.22. The molecule has 0 saturated carbocycles. The molecule has 0 saturated heterocycles. The van der Waals surface area contributed by atoms with Gasteiger partial charge in [0.15, 0.2) is 5.13 Å². The van der Waals surface area contributed by atoms with Crippen molar-refractivity contribution in [3.63, 3.8) is 0 Å². The van der Waals surface area contributed by atoms with Crippen LogP contribution < -0.4 is 15.0 Å². The lowest BCUT2D eigenvalue weighted by Crippen LogP contribution is -2.42. The Labute approximate surface area is 184 Å². The van der Waals surface area contributed by atoms with Crippen LogP contribution in [0.2, 0.25) is 10.0 Å². The van der Waals surface area contributed by atoms with Gasteiger partial charge in [0.25, 0.3) is 0 Å². The smallest absolute Gasteiger partial charge is 0.281 e. The van der Waals surface area contributed by atoms with E-state index < -0.39 is 20.7 Å². The Kier molecular flexibility index (Phi) is 5.41. The number of hydrogen-bond acceptors (Lipinski definition) is 6. The van der Waals surface area contributed by atoms with Crippen LogP contribution in [0.5, 0.6) is 0 Å². The highest BCUT2D eigenvalue weighted by Gasteiger charge is 2.37. The number of hydrogen-bond donors (Lipinski definition) is 2. The summed E-state index contributed by atoms with van der Waals surface area (Å²) in [6.07, 6.45) is 0. The Balaban J connectivity index is 1.68. The third-order valence-corrected chi connectivity index (χ3v) is 6.84. The lowest BCUT2D eigenvalue weighted by molar-refractivity contribution is -0.705. The van der Waals surface area contributed by atoms with Crippen LogP contribution >= 0.6 is 34.5 Å². The van der Waals surface area contributed by atoms with Gasteiger partial charge in [0.1, 0.15) is 0 Å². The quantitative estimate of drug-likeness (QED) is 0.419. The number of rotatable bonds is 5. The molecule has 0 atom stereocenters. The minimum atomic E-state index is -4.31. The standard InChI is InChI=1S/C18H12Cl2N4O4S2/c1-10-2-5-12(6-3-10)24-16(17(25)28-23-24)30(26,27)22-18-21-15(9-29-18)13-7-4-11(19)8-14(13)20/h2-9H,1H3,(H-,21,22,23,25)/p+1. The molecule has 0 radical (unpaired) electrons. The van der Waals surface area contributed by atoms with Crippen LogP contribution in [0.15, 0.2) is 62.2 Å². The molecule has 2 aromatic carbocycles. The monoisotopic (exact) mass is 483 g/mol. The van der Waals surface area contributed by atoms with Gasteiger partial charge in [-0.1, -0.05) is 40.9 Å². The second kappa shape index (κ2) is 7.88. The van der Waals surface area contributed by atoms with Gasteiger partial charge in [-0.05, 0) is 35.1 Å². The van der Waals surface area contributed by atoms with Gasteiger partial charge in [0.05, 0.1) is 10.7 Å². The van der Waals surface area contributed by atoms with E-state index in [1.807, 2.05) is 6.92 Å². The molecule has 0 fully saturated rings. The second-order valence-corrected chi connectivity index (χ2v) is 9.52. The molecule has 4 aromatic rings. The lowest BCUT2D eigenvalue weighted by Gasteiger charge is -2.01. The molecule has 0 spiro atoms. The minimum absolute atomic E-state index is 0.0621. The molecular weight excluding hydrogens is 471 g/mol. The number of nitrogens with zero attached hydrogens (tertiary/aromatic N) is 2. The average Bonchev–Trinajstić information content (AvgIpc) is 3.29. The number of halogens is 2. The third-order valence-electron chi connectivity index (χ3n) is 4.09. The van der Waals surface area contributed by atoms with Crippen molar-refractivity contribution in [2.24, 2.45) is 0 Å². The fourth-order valence-electron chi connectivity index (χ4n) is 2.66. The molecule has 4 rings (SSSR count). The van der Waals surface area contributed by atoms with Crippen molar-refractivity contribution in [2.75, 3.05) is 4.72 Å². The molecule has 0 bridgehead atoms. The molecule has 30 heavy (non-hydrogen) atoms. The van der Waals surface area contributed by atoms with E-state index in [0.29, 0.717) is 27.0 Å². The van der Waals surface area contributed by atoms with E-state index in [0.717, 1.165) is 21.6 Å². The van der Waals surface area contributed by atoms with Crippen LogP contribution in [-0.4, -0.2) is 18.7 Å². The number of benzene rings is 2. The first-order chi connectivity index (χ1) is 14.2. The summed E-state index contributed by atoms with van der Waals surface area (Å²) < 4.78 is 33.9. The molecule has 2 aromatic heterocycles. The Morgan fingerprint density at radius 1 is 1.17 bits per heavy atom. The number of aryl methyl sites for hydroxylation is 1. The summed E-state index contributed by atoms with van der Waals surface area (Å²) in [6, 6.07) is 11.8. The number of thiazole rings is 1. The summed E-state index contributed by atoms with van der Waals surface area (Å²) in [4.78, 5) is 16.4. The fourth-order valence-corrected chi connectivity index (χ4v) is 5.26. The lowest BCUT2D eigenvalue weighted by atomic mass is 10.2. The maximum atomic E-state index is 12.9. The molecule has 2 N–H and O–H groups in total. The molecule has 0 amide bonds. The number of H-pyrrole nitrogens is 1. The largest absolute Gasteiger partial charge is 0.449 e. The van der Waals surface area contributed by atoms with E-state index in [4.69, 9.17) is 27.7 Å². The average molecular weight is 484 g/mol. The summed E-state index contributed by atoms with van der Waals surface area (Å²) in [5.74, 6) is 0. The van der Waals surface area contributed by atoms with E-state index in [-0.39, 0.29) is 5.13 Å². The molecule has 2 heterocycles. The maximum Gasteiger partial charge on any atom is 0.449 e. The zero-order valence-electron chi connectivity index (χ0n) is 15.2. The number of anilines is 1. The zero-order chi connectivity index (χ0) is 21.5. The van der Waals surface area contributed by atoms with Gasteiger partial charge in [-0.15, -0.1) is 11.3 Å². The molecule has 12 heteroatoms. The number of aromatic amines is 1. The van der Waals surface area contributed by atoms with Crippen molar-refractivity contribution in [1.82, 2.24) is 10.3 Å². The SMILES string of the molecule is Cc1ccc(-[n+]2[nH]oc(=O)c2S(=O)(=O)Nc2nc(-c3ccc(Cl)cc3Cl)cs2)cc1. The van der Waals surface area contributed by atoms with Crippen molar-refractivity contribution in [3.8, 4) is 16.9 Å².